The molecule has 0 saturated heterocycles. The van der Waals surface area contributed by atoms with Crippen molar-refractivity contribution in [1.29, 1.82) is 0 Å². The molecule has 7 nitrogen and oxygen atoms in total. The molecule has 0 atom stereocenters. The van der Waals surface area contributed by atoms with Gasteiger partial charge < -0.3 is 9.47 Å². The van der Waals surface area contributed by atoms with Gasteiger partial charge in [0.1, 0.15) is 10.4 Å². The van der Waals surface area contributed by atoms with E-state index >= 15 is 0 Å². The van der Waals surface area contributed by atoms with Crippen LogP contribution in [0.25, 0.3) is 0 Å². The number of hydrazine groups is 1. The molecule has 2 aromatic rings. The molecule has 32 heavy (non-hydrogen) atoms. The normalized spacial score (nSPS) is 11.0. The minimum absolute atomic E-state index is 0.0210. The van der Waals surface area contributed by atoms with E-state index < -0.39 is 23.4 Å². The summed E-state index contributed by atoms with van der Waals surface area (Å²) in [5.74, 6) is -0.659. The van der Waals surface area contributed by atoms with Gasteiger partial charge in [-0.3, -0.25) is 9.59 Å². The van der Waals surface area contributed by atoms with Crippen molar-refractivity contribution in [3.8, 4) is 5.75 Å². The number of imide groups is 1. The van der Waals surface area contributed by atoms with E-state index in [9.17, 15) is 14.4 Å². The lowest BCUT2D eigenvalue weighted by atomic mass is 10.0. The Hall–Kier alpha value is -2.62. The molecule has 0 aromatic heterocycles. The van der Waals surface area contributed by atoms with Crippen LogP contribution in [0, 0.1) is 20.8 Å². The number of carbonyl (C=O) groups excluding carboxylic acids is 3. The van der Waals surface area contributed by atoms with Crippen LogP contribution in [0.5, 0.6) is 5.75 Å². The molecule has 0 radical (unpaired) electrons. The van der Waals surface area contributed by atoms with Gasteiger partial charge in [0, 0.05) is 16.7 Å². The fourth-order valence-electron chi connectivity index (χ4n) is 3.46. The van der Waals surface area contributed by atoms with Crippen molar-refractivity contribution < 1.29 is 23.9 Å². The molecule has 172 valence electrons. The number of carbonyl (C=O) groups is 3. The Morgan fingerprint density at radius 3 is 2.06 bits per heavy atom. The molecule has 0 bridgehead atoms. The second kappa shape index (κ2) is 10.3. The number of aryl methyl sites for hydroxylation is 2. The number of nitrogens with zero attached hydrogens (tertiary/aromatic N) is 2. The molecule has 3 amide bonds. The molecule has 0 spiro atoms. The average molecular weight is 552 g/mol. The van der Waals surface area contributed by atoms with Crippen LogP contribution < -0.4 is 4.74 Å². The summed E-state index contributed by atoms with van der Waals surface area (Å²) in [7, 11) is 1.50. The molecule has 0 fully saturated rings. The van der Waals surface area contributed by atoms with Crippen molar-refractivity contribution in [1.82, 2.24) is 10.0 Å². The maximum atomic E-state index is 13.7. The maximum Gasteiger partial charge on any atom is 0.437 e. The van der Waals surface area contributed by atoms with E-state index in [0.717, 1.165) is 21.1 Å². The largest absolute Gasteiger partial charge is 0.496 e. The zero-order valence-electron chi connectivity index (χ0n) is 19.5. The highest BCUT2D eigenvalue weighted by molar-refractivity contribution is 14.1. The van der Waals surface area contributed by atoms with Gasteiger partial charge in [-0.25, -0.2) is 9.80 Å². The number of rotatable bonds is 4. The van der Waals surface area contributed by atoms with Gasteiger partial charge in [-0.1, -0.05) is 23.3 Å². The Labute approximate surface area is 202 Å². The van der Waals surface area contributed by atoms with Gasteiger partial charge >= 0.3 is 6.09 Å². The zero-order chi connectivity index (χ0) is 24.2. The second-order valence-electron chi connectivity index (χ2n) is 8.43. The summed E-state index contributed by atoms with van der Waals surface area (Å²) in [6.45, 7) is 10.8. The summed E-state index contributed by atoms with van der Waals surface area (Å²) in [6, 6.07) is 10.4. The van der Waals surface area contributed by atoms with E-state index in [4.69, 9.17) is 9.47 Å². The Balaban J connectivity index is 2.69. The molecule has 8 heteroatoms. The minimum Gasteiger partial charge on any atom is -0.496 e. The number of ether oxygens (including phenoxy) is 2. The van der Waals surface area contributed by atoms with Crippen LogP contribution in [0.3, 0.4) is 0 Å². The quantitative estimate of drug-likeness (QED) is 0.287. The molecule has 2 rings (SSSR count). The summed E-state index contributed by atoms with van der Waals surface area (Å²) >= 11 is 1.87. The van der Waals surface area contributed by atoms with E-state index in [1.54, 1.807) is 58.0 Å². The molecule has 0 heterocycles. The number of alkyl halides is 1. The topological polar surface area (TPSA) is 76.2 Å². The third-order valence-electron chi connectivity index (χ3n) is 4.77. The maximum absolute atomic E-state index is 13.7. The molecular weight excluding hydrogens is 523 g/mol. The lowest BCUT2D eigenvalue weighted by Gasteiger charge is -2.41. The molecule has 0 saturated carbocycles. The van der Waals surface area contributed by atoms with E-state index in [1.165, 1.54) is 7.11 Å². The summed E-state index contributed by atoms with van der Waals surface area (Å²) < 4.78 is 10.5. The number of halogens is 1. The SMILES string of the molecule is COc1cccc(C(=O)N(C(=O)OCI)N(C(=O)c2cc(C)cc(C)c2)C(C)(C)C)c1C. The molecule has 0 aliphatic rings. The smallest absolute Gasteiger partial charge is 0.437 e. The standard InChI is InChI=1S/C24H29IN2O5/c1-15-11-16(2)13-18(12-15)21(28)27(24(4,5)6)26(23(30)32-14-25)22(29)19-9-8-10-20(31-7)17(19)3/h8-13H,14H2,1-7H3. The molecule has 0 unspecified atom stereocenters. The van der Waals surface area contributed by atoms with Gasteiger partial charge in [0.25, 0.3) is 11.8 Å². The van der Waals surface area contributed by atoms with Crippen molar-refractivity contribution in [2.75, 3.05) is 11.7 Å². The summed E-state index contributed by atoms with van der Waals surface area (Å²) in [5.41, 5.74) is 2.05. The predicted molar refractivity (Wildman–Crippen MR) is 131 cm³/mol. The van der Waals surface area contributed by atoms with Crippen LogP contribution in [0.15, 0.2) is 36.4 Å². The van der Waals surface area contributed by atoms with Crippen molar-refractivity contribution in [3.63, 3.8) is 0 Å². The van der Waals surface area contributed by atoms with Crippen LogP contribution in [-0.2, 0) is 4.74 Å². The van der Waals surface area contributed by atoms with Gasteiger partial charge in [-0.05, 0) is 88.4 Å². The number of hydrogen-bond acceptors (Lipinski definition) is 5. The fourth-order valence-corrected chi connectivity index (χ4v) is 3.73. The number of methoxy groups -OCH3 is 1. The monoisotopic (exact) mass is 552 g/mol. The molecule has 0 aliphatic heterocycles. The van der Waals surface area contributed by atoms with Crippen LogP contribution in [-0.4, -0.2) is 45.2 Å². The number of amides is 3. The lowest BCUT2D eigenvalue weighted by molar-refractivity contribution is -0.0368. The van der Waals surface area contributed by atoms with Crippen LogP contribution in [0.2, 0.25) is 0 Å². The Bertz CT molecular complexity index is 1010. The predicted octanol–water partition coefficient (Wildman–Crippen LogP) is 5.45. The van der Waals surface area contributed by atoms with E-state index in [2.05, 4.69) is 0 Å². The van der Waals surface area contributed by atoms with Crippen molar-refractivity contribution in [2.45, 2.75) is 47.1 Å². The first kappa shape index (κ1) is 25.6. The van der Waals surface area contributed by atoms with Crippen molar-refractivity contribution in [3.05, 3.63) is 64.2 Å². The first-order valence-electron chi connectivity index (χ1n) is 10.1. The first-order valence-corrected chi connectivity index (χ1v) is 11.6. The minimum atomic E-state index is -0.931. The Morgan fingerprint density at radius 2 is 1.56 bits per heavy atom. The highest BCUT2D eigenvalue weighted by atomic mass is 127. The van der Waals surface area contributed by atoms with E-state index in [1.807, 2.05) is 42.5 Å². The highest BCUT2D eigenvalue weighted by Crippen LogP contribution is 2.27. The van der Waals surface area contributed by atoms with Gasteiger partial charge in [0.15, 0.2) is 0 Å². The van der Waals surface area contributed by atoms with Gasteiger partial charge in [0.2, 0.25) is 0 Å². The van der Waals surface area contributed by atoms with Crippen molar-refractivity contribution in [2.24, 2.45) is 0 Å². The molecular formula is C24H29IN2O5. The molecule has 2 aromatic carbocycles. The first-order chi connectivity index (χ1) is 14.9. The lowest BCUT2D eigenvalue weighted by Crippen LogP contribution is -2.60. The average Bonchev–Trinajstić information content (AvgIpc) is 2.69. The van der Waals surface area contributed by atoms with Gasteiger partial charge in [-0.15, -0.1) is 5.01 Å². The van der Waals surface area contributed by atoms with Crippen LogP contribution in [0.1, 0.15) is 58.2 Å². The second-order valence-corrected chi connectivity index (χ2v) is 9.06. The Morgan fingerprint density at radius 1 is 0.969 bits per heavy atom. The number of hydrogen-bond donors (Lipinski definition) is 0. The summed E-state index contributed by atoms with van der Waals surface area (Å²) in [4.78, 5) is 40.4. The number of benzene rings is 2. The third-order valence-corrected chi connectivity index (χ3v) is 5.09. The van der Waals surface area contributed by atoms with Crippen LogP contribution in [0.4, 0.5) is 4.79 Å². The Kier molecular flexibility index (Phi) is 8.28. The third kappa shape index (κ3) is 5.59. The highest BCUT2D eigenvalue weighted by Gasteiger charge is 2.41. The van der Waals surface area contributed by atoms with Gasteiger partial charge in [-0.2, -0.15) is 0 Å². The summed E-state index contributed by atoms with van der Waals surface area (Å²) in [5, 5.41) is 1.96. The molecule has 0 N–H and O–H groups in total. The van der Waals surface area contributed by atoms with Crippen LogP contribution >= 0.6 is 22.6 Å². The zero-order valence-corrected chi connectivity index (χ0v) is 21.6. The fraction of sp³-hybridized carbons (Fsp3) is 0.375. The van der Waals surface area contributed by atoms with E-state index in [0.29, 0.717) is 16.9 Å². The van der Waals surface area contributed by atoms with Crippen molar-refractivity contribution >= 4 is 40.5 Å². The summed E-state index contributed by atoms with van der Waals surface area (Å²) in [6.07, 6.45) is -0.931. The van der Waals surface area contributed by atoms with Gasteiger partial charge in [0.05, 0.1) is 12.6 Å². The molecule has 0 aliphatic carbocycles. The van der Waals surface area contributed by atoms with E-state index in [-0.39, 0.29) is 10.2 Å².